The highest BCUT2D eigenvalue weighted by Gasteiger charge is 2.39. The number of aryl methyl sites for hydroxylation is 1. The first kappa shape index (κ1) is 35.1. The minimum Gasteiger partial charge on any atom is -0.463 e. The maximum absolute atomic E-state index is 14.3. The number of anilines is 2. The normalized spacial score (nSPS) is 14.4. The van der Waals surface area contributed by atoms with Gasteiger partial charge in [-0.15, -0.1) is 0 Å². The van der Waals surface area contributed by atoms with Crippen molar-refractivity contribution in [3.63, 3.8) is 0 Å². The SMILES string of the molecule is CCCC(=O)N(O)c1cccc(NC(=O)C2=C(C)NC(c3ccc(-n4c(C)nc5cnccc54)cc3)=C(C(=O)OCC)C2c2ccccc2Cl)c1. The van der Waals surface area contributed by atoms with E-state index in [-0.39, 0.29) is 29.9 Å². The number of fused-ring (bicyclic) bond motifs is 1. The molecule has 1 aliphatic heterocycles. The van der Waals surface area contributed by atoms with Crippen LogP contribution in [0.25, 0.3) is 22.4 Å². The number of allylic oxidation sites excluding steroid dienone is 1. The number of carbonyl (C=O) groups is 3. The second kappa shape index (κ2) is 15.0. The number of amides is 2. The smallest absolute Gasteiger partial charge is 0.337 e. The van der Waals surface area contributed by atoms with Gasteiger partial charge in [-0.2, -0.15) is 5.06 Å². The Kier molecular flexibility index (Phi) is 10.3. The van der Waals surface area contributed by atoms with Crippen LogP contribution in [0.3, 0.4) is 0 Å². The van der Waals surface area contributed by atoms with Crippen LogP contribution in [0.1, 0.15) is 56.5 Å². The Balaban J connectivity index is 1.44. The number of rotatable bonds is 10. The van der Waals surface area contributed by atoms with Gasteiger partial charge in [0.1, 0.15) is 11.3 Å². The van der Waals surface area contributed by atoms with E-state index in [0.717, 1.165) is 22.5 Å². The van der Waals surface area contributed by atoms with Crippen molar-refractivity contribution < 1.29 is 24.3 Å². The maximum Gasteiger partial charge on any atom is 0.337 e. The zero-order valence-corrected chi connectivity index (χ0v) is 29.4. The molecule has 0 bridgehead atoms. The predicted octanol–water partition coefficient (Wildman–Crippen LogP) is 7.48. The Morgan fingerprint density at radius 3 is 2.49 bits per heavy atom. The van der Waals surface area contributed by atoms with Gasteiger partial charge in [0.15, 0.2) is 0 Å². The Morgan fingerprint density at radius 2 is 1.76 bits per heavy atom. The number of benzene rings is 3. The minimum atomic E-state index is -0.926. The van der Waals surface area contributed by atoms with Gasteiger partial charge < -0.3 is 15.4 Å². The van der Waals surface area contributed by atoms with Gasteiger partial charge in [-0.25, -0.2) is 9.78 Å². The van der Waals surface area contributed by atoms with E-state index in [2.05, 4.69) is 20.6 Å². The standard InChI is InChI=1S/C39H37ClN6O5/c1-5-10-33(47)46(50)28-12-9-11-26(21-28)44-38(48)34-23(3)42-37(36(39(49)51-6-2)35(34)29-13-7-8-14-30(29)40)25-15-17-27(18-16-25)45-24(4)43-31-22-41-20-19-32(31)45/h7-9,11-22,35,42,50H,5-6,10H2,1-4H3,(H,44,48). The lowest BCUT2D eigenvalue weighted by molar-refractivity contribution is -0.138. The van der Waals surface area contributed by atoms with E-state index in [9.17, 15) is 19.6 Å². The molecule has 2 amide bonds. The molecular formula is C39H37ClN6O5. The molecule has 2 aromatic heterocycles. The summed E-state index contributed by atoms with van der Waals surface area (Å²) in [5.41, 5.74) is 5.75. The van der Waals surface area contributed by atoms with Crippen molar-refractivity contribution in [1.29, 1.82) is 0 Å². The van der Waals surface area contributed by atoms with Crippen LogP contribution in [0.5, 0.6) is 0 Å². The van der Waals surface area contributed by atoms with Crippen LogP contribution < -0.4 is 15.7 Å². The summed E-state index contributed by atoms with van der Waals surface area (Å²) in [5.74, 6) is -1.72. The summed E-state index contributed by atoms with van der Waals surface area (Å²) in [6.07, 6.45) is 4.18. The third-order valence-electron chi connectivity index (χ3n) is 8.61. The number of hydrogen-bond donors (Lipinski definition) is 3. The summed E-state index contributed by atoms with van der Waals surface area (Å²) in [4.78, 5) is 49.5. The number of esters is 1. The third-order valence-corrected chi connectivity index (χ3v) is 8.95. The summed E-state index contributed by atoms with van der Waals surface area (Å²) in [5, 5.41) is 17.7. The third kappa shape index (κ3) is 6.99. The van der Waals surface area contributed by atoms with E-state index in [1.807, 2.05) is 48.7 Å². The molecule has 12 heteroatoms. The number of nitrogens with zero attached hydrogens (tertiary/aromatic N) is 4. The first-order chi connectivity index (χ1) is 24.6. The molecule has 0 radical (unpaired) electrons. The molecule has 5 aromatic rings. The van der Waals surface area contributed by atoms with Gasteiger partial charge in [-0.05, 0) is 80.8 Å². The van der Waals surface area contributed by atoms with Gasteiger partial charge in [0.2, 0.25) is 0 Å². The van der Waals surface area contributed by atoms with Crippen LogP contribution in [0.15, 0.2) is 108 Å². The number of hydroxylamine groups is 1. The lowest BCUT2D eigenvalue weighted by Crippen LogP contribution is -2.34. The number of nitrogens with one attached hydrogen (secondary N) is 2. The fourth-order valence-electron chi connectivity index (χ4n) is 6.34. The Bertz CT molecular complexity index is 2210. The summed E-state index contributed by atoms with van der Waals surface area (Å²) in [6, 6.07) is 23.0. The van der Waals surface area contributed by atoms with Crippen molar-refractivity contribution in [2.75, 3.05) is 17.0 Å². The fourth-order valence-corrected chi connectivity index (χ4v) is 6.58. The van der Waals surface area contributed by atoms with Crippen LogP contribution in [-0.4, -0.2) is 44.1 Å². The van der Waals surface area contributed by atoms with E-state index < -0.39 is 23.7 Å². The van der Waals surface area contributed by atoms with Gasteiger partial charge in [0, 0.05) is 40.3 Å². The molecule has 6 rings (SSSR count). The maximum atomic E-state index is 14.3. The number of ether oxygens (including phenoxy) is 1. The van der Waals surface area contributed by atoms with Crippen molar-refractivity contribution >= 4 is 57.5 Å². The number of carbonyl (C=O) groups excluding carboxylic acids is 3. The summed E-state index contributed by atoms with van der Waals surface area (Å²) < 4.78 is 7.65. The van der Waals surface area contributed by atoms with Gasteiger partial charge in [-0.3, -0.25) is 24.3 Å². The molecule has 0 fully saturated rings. The lowest BCUT2D eigenvalue weighted by atomic mass is 9.78. The molecule has 3 N–H and O–H groups in total. The second-order valence-electron chi connectivity index (χ2n) is 12.0. The Hall–Kier alpha value is -5.78. The van der Waals surface area contributed by atoms with Gasteiger partial charge in [0.05, 0.1) is 41.2 Å². The number of hydrogen-bond acceptors (Lipinski definition) is 8. The predicted molar refractivity (Wildman–Crippen MR) is 196 cm³/mol. The zero-order valence-electron chi connectivity index (χ0n) is 28.6. The van der Waals surface area contributed by atoms with Crippen LogP contribution >= 0.6 is 11.6 Å². The molecule has 0 saturated carbocycles. The summed E-state index contributed by atoms with van der Waals surface area (Å²) in [6.45, 7) is 7.36. The molecule has 0 aliphatic carbocycles. The molecule has 3 heterocycles. The topological polar surface area (TPSA) is 139 Å². The molecule has 3 aromatic carbocycles. The minimum absolute atomic E-state index is 0.108. The quantitative estimate of drug-likeness (QED) is 0.0773. The van der Waals surface area contributed by atoms with Gasteiger partial charge >= 0.3 is 5.97 Å². The van der Waals surface area contributed by atoms with Crippen molar-refractivity contribution in [3.05, 3.63) is 130 Å². The van der Waals surface area contributed by atoms with Crippen molar-refractivity contribution in [1.82, 2.24) is 19.9 Å². The lowest BCUT2D eigenvalue weighted by Gasteiger charge is -2.32. The largest absolute Gasteiger partial charge is 0.463 e. The monoisotopic (exact) mass is 704 g/mol. The molecule has 1 unspecified atom stereocenters. The number of aromatic nitrogens is 3. The number of pyridine rings is 1. The van der Waals surface area contributed by atoms with Crippen molar-refractivity contribution in [2.45, 2.75) is 46.5 Å². The molecular weight excluding hydrogens is 668 g/mol. The molecule has 0 spiro atoms. The number of dihydropyridines is 1. The average molecular weight is 705 g/mol. The number of halogens is 1. The highest BCUT2D eigenvalue weighted by molar-refractivity contribution is 6.31. The van der Waals surface area contributed by atoms with Crippen molar-refractivity contribution in [3.8, 4) is 5.69 Å². The first-order valence-electron chi connectivity index (χ1n) is 16.6. The van der Waals surface area contributed by atoms with Gasteiger partial charge in [-0.1, -0.05) is 54.9 Å². The number of imidazole rings is 1. The van der Waals surface area contributed by atoms with Crippen LogP contribution in [0.4, 0.5) is 11.4 Å². The van der Waals surface area contributed by atoms with E-state index >= 15 is 0 Å². The highest BCUT2D eigenvalue weighted by atomic mass is 35.5. The molecule has 11 nitrogen and oxygen atoms in total. The highest BCUT2D eigenvalue weighted by Crippen LogP contribution is 2.44. The molecule has 0 saturated heterocycles. The van der Waals surface area contributed by atoms with E-state index in [1.54, 1.807) is 68.7 Å². The molecule has 1 atom stereocenters. The van der Waals surface area contributed by atoms with Crippen LogP contribution in [0, 0.1) is 6.92 Å². The molecule has 1 aliphatic rings. The van der Waals surface area contributed by atoms with Crippen molar-refractivity contribution in [2.24, 2.45) is 0 Å². The second-order valence-corrected chi connectivity index (χ2v) is 12.4. The fraction of sp³-hybridized carbons (Fsp3) is 0.205. The van der Waals surface area contributed by atoms with Crippen LogP contribution in [0.2, 0.25) is 5.02 Å². The molecule has 51 heavy (non-hydrogen) atoms. The summed E-state index contributed by atoms with van der Waals surface area (Å²) in [7, 11) is 0. The first-order valence-corrected chi connectivity index (χ1v) is 17.0. The average Bonchev–Trinajstić information content (AvgIpc) is 3.46. The van der Waals surface area contributed by atoms with E-state index in [4.69, 9.17) is 16.3 Å². The molecule has 260 valence electrons. The van der Waals surface area contributed by atoms with E-state index in [1.165, 1.54) is 6.07 Å². The Labute approximate surface area is 300 Å². The Morgan fingerprint density at radius 1 is 1.00 bits per heavy atom. The summed E-state index contributed by atoms with van der Waals surface area (Å²) >= 11 is 6.80. The van der Waals surface area contributed by atoms with Crippen LogP contribution in [-0.2, 0) is 19.1 Å². The zero-order chi connectivity index (χ0) is 36.2. The van der Waals surface area contributed by atoms with E-state index in [0.29, 0.717) is 44.7 Å². The van der Waals surface area contributed by atoms with Gasteiger partial charge in [0.25, 0.3) is 11.8 Å².